The quantitative estimate of drug-likeness (QED) is 0.396. The third-order valence-corrected chi connectivity index (χ3v) is 2.84. The van der Waals surface area contributed by atoms with E-state index in [-0.39, 0.29) is 0 Å². The zero-order valence-corrected chi connectivity index (χ0v) is 11.6. The average molecular weight is 248 g/mol. The molecule has 0 unspecified atom stereocenters. The van der Waals surface area contributed by atoms with Crippen molar-refractivity contribution in [2.24, 2.45) is 0 Å². The van der Waals surface area contributed by atoms with Crippen LogP contribution < -0.4 is 0 Å². The van der Waals surface area contributed by atoms with Crippen LogP contribution in [-0.4, -0.2) is 32.2 Å². The first-order valence-electron chi connectivity index (χ1n) is 6.68. The van der Waals surface area contributed by atoms with Gasteiger partial charge in [-0.15, -0.1) is 0 Å². The number of ether oxygens (including phenoxy) is 2. The Hall–Kier alpha value is 0.270. The zero-order chi connectivity index (χ0) is 11.9. The Bertz CT molecular complexity index is 107. The van der Waals surface area contributed by atoms with Gasteiger partial charge in [0.1, 0.15) is 0 Å². The standard InChI is InChI=1S/C13H28O2S/c1-2-14-11-12-15-10-8-6-4-3-5-7-9-13-16/h16H,2-13H2,1H3. The van der Waals surface area contributed by atoms with Gasteiger partial charge in [-0.2, -0.15) is 12.6 Å². The van der Waals surface area contributed by atoms with Crippen LogP contribution in [0.2, 0.25) is 0 Å². The molecule has 0 aliphatic carbocycles. The van der Waals surface area contributed by atoms with Gasteiger partial charge < -0.3 is 9.47 Å². The maximum atomic E-state index is 5.45. The highest BCUT2D eigenvalue weighted by Gasteiger charge is 1.92. The molecule has 0 radical (unpaired) electrons. The summed E-state index contributed by atoms with van der Waals surface area (Å²) in [7, 11) is 0. The maximum Gasteiger partial charge on any atom is 0.0700 e. The Morgan fingerprint density at radius 3 is 1.88 bits per heavy atom. The molecule has 2 nitrogen and oxygen atoms in total. The lowest BCUT2D eigenvalue weighted by atomic mass is 10.1. The molecule has 0 saturated heterocycles. The van der Waals surface area contributed by atoms with E-state index in [2.05, 4.69) is 12.6 Å². The second-order valence-electron chi connectivity index (χ2n) is 4.01. The largest absolute Gasteiger partial charge is 0.379 e. The number of rotatable bonds is 13. The minimum atomic E-state index is 0.736. The molecule has 0 N–H and O–H groups in total. The monoisotopic (exact) mass is 248 g/mol. The van der Waals surface area contributed by atoms with Crippen molar-refractivity contribution in [3.63, 3.8) is 0 Å². The van der Waals surface area contributed by atoms with E-state index >= 15 is 0 Å². The summed E-state index contributed by atoms with van der Waals surface area (Å²) < 4.78 is 10.6. The Morgan fingerprint density at radius 2 is 1.25 bits per heavy atom. The van der Waals surface area contributed by atoms with E-state index < -0.39 is 0 Å². The number of thiol groups is 1. The van der Waals surface area contributed by atoms with Crippen molar-refractivity contribution in [3.8, 4) is 0 Å². The Morgan fingerprint density at radius 1 is 0.688 bits per heavy atom. The predicted octanol–water partition coefficient (Wildman–Crippen LogP) is 3.70. The summed E-state index contributed by atoms with van der Waals surface area (Å²) in [4.78, 5) is 0. The molecule has 0 fully saturated rings. The molecule has 98 valence electrons. The molecule has 0 saturated carbocycles. The molecule has 0 bridgehead atoms. The first-order valence-corrected chi connectivity index (χ1v) is 7.31. The molecular weight excluding hydrogens is 220 g/mol. The summed E-state index contributed by atoms with van der Waals surface area (Å²) in [5, 5.41) is 0. The van der Waals surface area contributed by atoms with E-state index in [9.17, 15) is 0 Å². The fourth-order valence-corrected chi connectivity index (χ4v) is 1.79. The SMILES string of the molecule is CCOCCOCCCCCCCCCS. The van der Waals surface area contributed by atoms with Gasteiger partial charge in [-0.25, -0.2) is 0 Å². The van der Waals surface area contributed by atoms with Crippen molar-refractivity contribution in [2.75, 3.05) is 32.2 Å². The van der Waals surface area contributed by atoms with E-state index in [4.69, 9.17) is 9.47 Å². The van der Waals surface area contributed by atoms with Crippen LogP contribution in [0, 0.1) is 0 Å². The highest BCUT2D eigenvalue weighted by molar-refractivity contribution is 7.80. The van der Waals surface area contributed by atoms with Crippen molar-refractivity contribution >= 4 is 12.6 Å². The molecule has 0 aliphatic rings. The lowest BCUT2D eigenvalue weighted by Gasteiger charge is -2.04. The van der Waals surface area contributed by atoms with E-state index in [1.807, 2.05) is 6.92 Å². The lowest BCUT2D eigenvalue weighted by Crippen LogP contribution is -2.04. The molecule has 0 rings (SSSR count). The summed E-state index contributed by atoms with van der Waals surface area (Å²) in [5.41, 5.74) is 0. The molecule has 0 aromatic heterocycles. The second kappa shape index (κ2) is 15.3. The van der Waals surface area contributed by atoms with Gasteiger partial charge in [-0.3, -0.25) is 0 Å². The molecule has 0 spiro atoms. The highest BCUT2D eigenvalue weighted by atomic mass is 32.1. The molecule has 0 aromatic rings. The number of hydrogen-bond donors (Lipinski definition) is 1. The first-order chi connectivity index (χ1) is 7.91. The van der Waals surface area contributed by atoms with Crippen LogP contribution in [0.3, 0.4) is 0 Å². The van der Waals surface area contributed by atoms with E-state index in [1.54, 1.807) is 0 Å². The molecule has 3 heteroatoms. The van der Waals surface area contributed by atoms with Crippen LogP contribution in [0.5, 0.6) is 0 Å². The van der Waals surface area contributed by atoms with Crippen molar-refractivity contribution < 1.29 is 9.47 Å². The van der Waals surface area contributed by atoms with E-state index in [0.29, 0.717) is 0 Å². The Labute approximate surface area is 107 Å². The van der Waals surface area contributed by atoms with Gasteiger partial charge in [0.25, 0.3) is 0 Å². The van der Waals surface area contributed by atoms with Gasteiger partial charge in [-0.1, -0.05) is 32.1 Å². The van der Waals surface area contributed by atoms with Gasteiger partial charge in [0.2, 0.25) is 0 Å². The minimum absolute atomic E-state index is 0.736. The molecule has 16 heavy (non-hydrogen) atoms. The van der Waals surface area contributed by atoms with Gasteiger partial charge in [0.05, 0.1) is 13.2 Å². The molecule has 0 heterocycles. The van der Waals surface area contributed by atoms with Crippen LogP contribution in [-0.2, 0) is 9.47 Å². The van der Waals surface area contributed by atoms with Crippen LogP contribution in [0.15, 0.2) is 0 Å². The lowest BCUT2D eigenvalue weighted by molar-refractivity contribution is 0.0512. The first kappa shape index (κ1) is 16.3. The van der Waals surface area contributed by atoms with E-state index in [0.717, 1.165) is 32.2 Å². The summed E-state index contributed by atoms with van der Waals surface area (Å²) in [6.07, 6.45) is 9.19. The van der Waals surface area contributed by atoms with Crippen LogP contribution in [0.1, 0.15) is 51.9 Å². The van der Waals surface area contributed by atoms with Crippen molar-refractivity contribution in [1.29, 1.82) is 0 Å². The van der Waals surface area contributed by atoms with Gasteiger partial charge >= 0.3 is 0 Å². The van der Waals surface area contributed by atoms with Gasteiger partial charge in [-0.05, 0) is 25.5 Å². The molecule has 0 aromatic carbocycles. The second-order valence-corrected chi connectivity index (χ2v) is 4.45. The van der Waals surface area contributed by atoms with Crippen molar-refractivity contribution in [1.82, 2.24) is 0 Å². The van der Waals surface area contributed by atoms with Gasteiger partial charge in [0.15, 0.2) is 0 Å². The minimum Gasteiger partial charge on any atom is -0.379 e. The third-order valence-electron chi connectivity index (χ3n) is 2.52. The molecule has 0 amide bonds. The maximum absolute atomic E-state index is 5.45. The van der Waals surface area contributed by atoms with Crippen LogP contribution >= 0.6 is 12.6 Å². The smallest absolute Gasteiger partial charge is 0.0700 e. The fourth-order valence-electron chi connectivity index (χ4n) is 1.56. The number of unbranched alkanes of at least 4 members (excludes halogenated alkanes) is 6. The summed E-state index contributed by atoms with van der Waals surface area (Å²) in [5.74, 6) is 1.04. The highest BCUT2D eigenvalue weighted by Crippen LogP contribution is 2.07. The Balaban J connectivity index is 2.83. The third kappa shape index (κ3) is 14.3. The fraction of sp³-hybridized carbons (Fsp3) is 1.00. The summed E-state index contributed by atoms with van der Waals surface area (Å²) in [6.45, 7) is 5.17. The summed E-state index contributed by atoms with van der Waals surface area (Å²) >= 11 is 4.20. The number of hydrogen-bond acceptors (Lipinski definition) is 3. The average Bonchev–Trinajstić information content (AvgIpc) is 2.31. The normalized spacial score (nSPS) is 10.9. The van der Waals surface area contributed by atoms with E-state index in [1.165, 1.54) is 44.9 Å². The van der Waals surface area contributed by atoms with Crippen LogP contribution in [0.4, 0.5) is 0 Å². The topological polar surface area (TPSA) is 18.5 Å². The van der Waals surface area contributed by atoms with Crippen LogP contribution in [0.25, 0.3) is 0 Å². The predicted molar refractivity (Wildman–Crippen MR) is 73.5 cm³/mol. The van der Waals surface area contributed by atoms with Crippen molar-refractivity contribution in [3.05, 3.63) is 0 Å². The molecule has 0 aliphatic heterocycles. The Kier molecular flexibility index (Phi) is 15.5. The molecular formula is C13H28O2S. The zero-order valence-electron chi connectivity index (χ0n) is 10.7. The molecule has 0 atom stereocenters. The van der Waals surface area contributed by atoms with Gasteiger partial charge in [0, 0.05) is 13.2 Å². The summed E-state index contributed by atoms with van der Waals surface area (Å²) in [6, 6.07) is 0. The van der Waals surface area contributed by atoms with Crippen molar-refractivity contribution in [2.45, 2.75) is 51.9 Å².